The number of benzene rings is 1. The Bertz CT molecular complexity index is 684. The van der Waals surface area contributed by atoms with Gasteiger partial charge in [-0.1, -0.05) is 12.1 Å². The average Bonchev–Trinajstić information content (AvgIpc) is 2.52. The van der Waals surface area contributed by atoms with E-state index in [4.69, 9.17) is 4.74 Å². The summed E-state index contributed by atoms with van der Waals surface area (Å²) in [5.41, 5.74) is 1.75. The van der Waals surface area contributed by atoms with Gasteiger partial charge in [-0.05, 0) is 23.8 Å². The standard InChI is InChI=1S/C16H15F3N2O2/c1-21(10-16(17,18)19)15(22)12-5-3-11(4-6-12)13-7-8-20-9-14(13)23-2/h3-9H,10H2,1-2H3. The number of nitrogens with zero attached hydrogens (tertiary/aromatic N) is 2. The molecule has 0 aliphatic rings. The van der Waals surface area contributed by atoms with Crippen molar-refractivity contribution >= 4 is 5.91 Å². The maximum Gasteiger partial charge on any atom is 0.406 e. The quantitative estimate of drug-likeness (QED) is 0.866. The van der Waals surface area contributed by atoms with Crippen LogP contribution in [0, 0.1) is 0 Å². The molecule has 2 aromatic rings. The summed E-state index contributed by atoms with van der Waals surface area (Å²) in [6.07, 6.45) is -1.26. The topological polar surface area (TPSA) is 42.4 Å². The molecule has 0 fully saturated rings. The Morgan fingerprint density at radius 3 is 2.43 bits per heavy atom. The molecule has 1 aromatic heterocycles. The van der Waals surface area contributed by atoms with Crippen molar-refractivity contribution in [2.75, 3.05) is 20.7 Å². The Labute approximate surface area is 131 Å². The maximum absolute atomic E-state index is 12.3. The molecule has 0 bridgehead atoms. The van der Waals surface area contributed by atoms with Crippen molar-refractivity contribution in [3.8, 4) is 16.9 Å². The van der Waals surface area contributed by atoms with Gasteiger partial charge in [0.1, 0.15) is 12.3 Å². The van der Waals surface area contributed by atoms with Crippen LogP contribution in [0.3, 0.4) is 0 Å². The van der Waals surface area contributed by atoms with Gasteiger partial charge in [-0.15, -0.1) is 0 Å². The number of ether oxygens (including phenoxy) is 1. The number of pyridine rings is 1. The highest BCUT2D eigenvalue weighted by Crippen LogP contribution is 2.29. The summed E-state index contributed by atoms with van der Waals surface area (Å²) in [6.45, 7) is -1.29. The lowest BCUT2D eigenvalue weighted by molar-refractivity contribution is -0.138. The SMILES string of the molecule is COc1cnccc1-c1ccc(C(=O)N(C)CC(F)(F)F)cc1. The summed E-state index contributed by atoms with van der Waals surface area (Å²) in [5.74, 6) is -0.115. The number of hydrogen-bond donors (Lipinski definition) is 0. The fourth-order valence-electron chi connectivity index (χ4n) is 2.13. The normalized spacial score (nSPS) is 11.2. The second kappa shape index (κ2) is 6.68. The van der Waals surface area contributed by atoms with E-state index in [2.05, 4.69) is 4.98 Å². The van der Waals surface area contributed by atoms with E-state index in [-0.39, 0.29) is 5.56 Å². The Morgan fingerprint density at radius 2 is 1.87 bits per heavy atom. The Hall–Kier alpha value is -2.57. The van der Waals surface area contributed by atoms with Crippen LogP contribution in [0.4, 0.5) is 13.2 Å². The minimum absolute atomic E-state index is 0.188. The first-order chi connectivity index (χ1) is 10.8. The largest absolute Gasteiger partial charge is 0.494 e. The van der Waals surface area contributed by atoms with E-state index in [0.717, 1.165) is 18.2 Å². The molecule has 0 aliphatic carbocycles. The minimum atomic E-state index is -4.42. The number of methoxy groups -OCH3 is 1. The number of halogens is 3. The van der Waals surface area contributed by atoms with Gasteiger partial charge < -0.3 is 9.64 Å². The van der Waals surface area contributed by atoms with Crippen LogP contribution in [0.15, 0.2) is 42.7 Å². The van der Waals surface area contributed by atoms with Gasteiger partial charge in [-0.25, -0.2) is 0 Å². The van der Waals surface area contributed by atoms with Crippen LogP contribution >= 0.6 is 0 Å². The van der Waals surface area contributed by atoms with E-state index >= 15 is 0 Å². The first-order valence-corrected chi connectivity index (χ1v) is 6.72. The Morgan fingerprint density at radius 1 is 1.22 bits per heavy atom. The number of carbonyl (C=O) groups is 1. The predicted octanol–water partition coefficient (Wildman–Crippen LogP) is 3.39. The molecule has 0 saturated heterocycles. The maximum atomic E-state index is 12.3. The fourth-order valence-corrected chi connectivity index (χ4v) is 2.13. The van der Waals surface area contributed by atoms with Crippen LogP contribution in [0.25, 0.3) is 11.1 Å². The molecular weight excluding hydrogens is 309 g/mol. The zero-order valence-corrected chi connectivity index (χ0v) is 12.6. The van der Waals surface area contributed by atoms with Crippen molar-refractivity contribution < 1.29 is 22.7 Å². The smallest absolute Gasteiger partial charge is 0.406 e. The fraction of sp³-hybridized carbons (Fsp3) is 0.250. The zero-order chi connectivity index (χ0) is 17.0. The van der Waals surface area contributed by atoms with Crippen molar-refractivity contribution in [3.05, 3.63) is 48.3 Å². The van der Waals surface area contributed by atoms with E-state index in [1.165, 1.54) is 19.2 Å². The number of aromatic nitrogens is 1. The number of hydrogen-bond acceptors (Lipinski definition) is 3. The molecule has 0 saturated carbocycles. The van der Waals surface area contributed by atoms with Crippen LogP contribution in [0.2, 0.25) is 0 Å². The third-order valence-electron chi connectivity index (χ3n) is 3.21. The molecular formula is C16H15F3N2O2. The first kappa shape index (κ1) is 16.8. The summed E-state index contributed by atoms with van der Waals surface area (Å²) in [7, 11) is 2.64. The molecule has 1 amide bonds. The van der Waals surface area contributed by atoms with Crippen LogP contribution < -0.4 is 4.74 Å². The summed E-state index contributed by atoms with van der Waals surface area (Å²) in [4.78, 5) is 16.6. The van der Waals surface area contributed by atoms with E-state index < -0.39 is 18.6 Å². The van der Waals surface area contributed by atoms with Gasteiger partial charge >= 0.3 is 6.18 Å². The van der Waals surface area contributed by atoms with Gasteiger partial charge in [-0.3, -0.25) is 9.78 Å². The molecule has 0 aliphatic heterocycles. The second-order valence-electron chi connectivity index (χ2n) is 4.93. The van der Waals surface area contributed by atoms with Gasteiger partial charge in [0.05, 0.1) is 13.3 Å². The lowest BCUT2D eigenvalue weighted by Crippen LogP contribution is -2.35. The summed E-state index contributed by atoms with van der Waals surface area (Å²) >= 11 is 0. The minimum Gasteiger partial charge on any atom is -0.494 e. The lowest BCUT2D eigenvalue weighted by atomic mass is 10.0. The number of alkyl halides is 3. The Kier molecular flexibility index (Phi) is 4.88. The highest BCUT2D eigenvalue weighted by atomic mass is 19.4. The number of amides is 1. The van der Waals surface area contributed by atoms with Gasteiger partial charge in [-0.2, -0.15) is 13.2 Å². The zero-order valence-electron chi connectivity index (χ0n) is 12.6. The number of carbonyl (C=O) groups excluding carboxylic acids is 1. The third-order valence-corrected chi connectivity index (χ3v) is 3.21. The molecule has 4 nitrogen and oxygen atoms in total. The van der Waals surface area contributed by atoms with Gasteiger partial charge in [0, 0.05) is 24.4 Å². The lowest BCUT2D eigenvalue weighted by Gasteiger charge is -2.19. The molecule has 0 atom stereocenters. The van der Waals surface area contributed by atoms with Crippen LogP contribution in [0.1, 0.15) is 10.4 Å². The van der Waals surface area contributed by atoms with E-state index in [9.17, 15) is 18.0 Å². The van der Waals surface area contributed by atoms with Crippen molar-refractivity contribution in [3.63, 3.8) is 0 Å². The summed E-state index contributed by atoms with van der Waals surface area (Å²) < 4.78 is 42.2. The highest BCUT2D eigenvalue weighted by Gasteiger charge is 2.31. The van der Waals surface area contributed by atoms with Crippen molar-refractivity contribution in [1.82, 2.24) is 9.88 Å². The molecule has 122 valence electrons. The van der Waals surface area contributed by atoms with Crippen molar-refractivity contribution in [2.24, 2.45) is 0 Å². The molecule has 23 heavy (non-hydrogen) atoms. The van der Waals surface area contributed by atoms with Crippen molar-refractivity contribution in [2.45, 2.75) is 6.18 Å². The van der Waals surface area contributed by atoms with Crippen LogP contribution in [0.5, 0.6) is 5.75 Å². The highest BCUT2D eigenvalue weighted by molar-refractivity contribution is 5.94. The van der Waals surface area contributed by atoms with Crippen molar-refractivity contribution in [1.29, 1.82) is 0 Å². The van der Waals surface area contributed by atoms with E-state index in [1.54, 1.807) is 30.6 Å². The van der Waals surface area contributed by atoms with Gasteiger partial charge in [0.2, 0.25) is 0 Å². The molecule has 1 aromatic carbocycles. The summed E-state index contributed by atoms with van der Waals surface area (Å²) in [6, 6.07) is 8.05. The monoisotopic (exact) mass is 324 g/mol. The van der Waals surface area contributed by atoms with Gasteiger partial charge in [0.25, 0.3) is 5.91 Å². The van der Waals surface area contributed by atoms with Crippen LogP contribution in [-0.2, 0) is 0 Å². The molecule has 2 rings (SSSR count). The number of rotatable bonds is 4. The third kappa shape index (κ3) is 4.21. The van der Waals surface area contributed by atoms with Gasteiger partial charge in [0.15, 0.2) is 0 Å². The summed E-state index contributed by atoms with van der Waals surface area (Å²) in [5, 5.41) is 0. The average molecular weight is 324 g/mol. The molecule has 0 spiro atoms. The Balaban J connectivity index is 2.21. The van der Waals surface area contributed by atoms with Crippen LogP contribution in [-0.4, -0.2) is 42.7 Å². The second-order valence-corrected chi connectivity index (χ2v) is 4.93. The first-order valence-electron chi connectivity index (χ1n) is 6.72. The molecule has 7 heteroatoms. The van der Waals surface area contributed by atoms with E-state index in [1.807, 2.05) is 0 Å². The molecule has 0 unspecified atom stereocenters. The predicted molar refractivity (Wildman–Crippen MR) is 79.2 cm³/mol. The van der Waals surface area contributed by atoms with E-state index in [0.29, 0.717) is 10.6 Å². The molecule has 0 N–H and O–H groups in total. The molecule has 0 radical (unpaired) electrons. The molecule has 1 heterocycles.